The summed E-state index contributed by atoms with van der Waals surface area (Å²) >= 11 is 7.40. The first kappa shape index (κ1) is 13.6. The number of nitrogens with zero attached hydrogens (tertiary/aromatic N) is 2. The third-order valence-electron chi connectivity index (χ3n) is 2.95. The van der Waals surface area contributed by atoms with Crippen LogP contribution < -0.4 is 4.90 Å². The molecule has 1 atom stereocenters. The zero-order valence-corrected chi connectivity index (χ0v) is 11.7. The van der Waals surface area contributed by atoms with Crippen molar-refractivity contribution in [3.63, 3.8) is 0 Å². The van der Waals surface area contributed by atoms with Crippen LogP contribution in [-0.4, -0.2) is 34.4 Å². The molecule has 1 fully saturated rings. The molecule has 2 rings (SSSR count). The van der Waals surface area contributed by atoms with E-state index >= 15 is 0 Å². The van der Waals surface area contributed by atoms with Crippen LogP contribution in [0.15, 0.2) is 17.2 Å². The van der Waals surface area contributed by atoms with Gasteiger partial charge in [0.15, 0.2) is 5.12 Å². The van der Waals surface area contributed by atoms with Crippen LogP contribution in [0.5, 0.6) is 0 Å². The molecule has 6 heteroatoms. The van der Waals surface area contributed by atoms with Crippen molar-refractivity contribution in [1.82, 2.24) is 4.98 Å². The molecule has 0 aliphatic carbocycles. The second kappa shape index (κ2) is 5.91. The monoisotopic (exact) mass is 286 g/mol. The van der Waals surface area contributed by atoms with Gasteiger partial charge in [-0.3, -0.25) is 4.79 Å². The number of carbonyl (C=O) groups is 1. The average Bonchev–Trinajstić information content (AvgIpc) is 2.79. The van der Waals surface area contributed by atoms with E-state index in [9.17, 15) is 9.90 Å². The quantitative estimate of drug-likeness (QED) is 0.865. The van der Waals surface area contributed by atoms with Crippen molar-refractivity contribution in [2.24, 2.45) is 0 Å². The Hall–Kier alpha value is -0.780. The van der Waals surface area contributed by atoms with E-state index in [0.717, 1.165) is 36.0 Å². The Morgan fingerprint density at radius 2 is 2.50 bits per heavy atom. The van der Waals surface area contributed by atoms with Gasteiger partial charge in [-0.2, -0.15) is 0 Å². The number of hydrogen-bond donors (Lipinski definition) is 1. The van der Waals surface area contributed by atoms with Crippen molar-refractivity contribution in [1.29, 1.82) is 0 Å². The van der Waals surface area contributed by atoms with Gasteiger partial charge < -0.3 is 10.0 Å². The highest BCUT2D eigenvalue weighted by molar-refractivity contribution is 8.13. The molecular weight excluding hydrogens is 272 g/mol. The molecule has 1 aromatic rings. The number of anilines is 1. The predicted octanol–water partition coefficient (Wildman–Crippen LogP) is 2.33. The molecule has 0 radical (unpaired) electrons. The van der Waals surface area contributed by atoms with Gasteiger partial charge in [-0.1, -0.05) is 23.4 Å². The van der Waals surface area contributed by atoms with Gasteiger partial charge in [0, 0.05) is 24.6 Å². The third-order valence-corrected chi connectivity index (χ3v) is 4.28. The van der Waals surface area contributed by atoms with Gasteiger partial charge >= 0.3 is 0 Å². The second-order valence-electron chi connectivity index (χ2n) is 4.21. The fourth-order valence-electron chi connectivity index (χ4n) is 2.15. The number of pyridine rings is 1. The smallest absolute Gasteiger partial charge is 0.190 e. The Morgan fingerprint density at radius 1 is 1.72 bits per heavy atom. The minimum absolute atomic E-state index is 0.00539. The number of aromatic nitrogens is 1. The Bertz CT molecular complexity index is 456. The van der Waals surface area contributed by atoms with Crippen LogP contribution in [0.1, 0.15) is 19.8 Å². The Morgan fingerprint density at radius 3 is 3.17 bits per heavy atom. The molecule has 18 heavy (non-hydrogen) atoms. The summed E-state index contributed by atoms with van der Waals surface area (Å²) in [7, 11) is 0. The number of aliphatic hydroxyl groups excluding tert-OH is 1. The molecule has 1 aromatic heterocycles. The lowest BCUT2D eigenvalue weighted by atomic mass is 10.2. The molecule has 1 N–H and O–H groups in total. The van der Waals surface area contributed by atoms with E-state index in [1.165, 1.54) is 6.92 Å². The van der Waals surface area contributed by atoms with Gasteiger partial charge in [-0.25, -0.2) is 4.98 Å². The van der Waals surface area contributed by atoms with E-state index in [-0.39, 0.29) is 17.8 Å². The first-order chi connectivity index (χ1) is 8.63. The van der Waals surface area contributed by atoms with Crippen LogP contribution in [0.4, 0.5) is 5.82 Å². The minimum atomic E-state index is -0.00539. The average molecular weight is 287 g/mol. The molecule has 0 amide bonds. The van der Waals surface area contributed by atoms with Crippen molar-refractivity contribution < 1.29 is 9.90 Å². The van der Waals surface area contributed by atoms with Crippen molar-refractivity contribution in [3.8, 4) is 0 Å². The second-order valence-corrected chi connectivity index (χ2v) is 5.81. The number of hydrogen-bond acceptors (Lipinski definition) is 5. The largest absolute Gasteiger partial charge is 0.394 e. The molecule has 4 nitrogen and oxygen atoms in total. The normalized spacial score (nSPS) is 19.3. The van der Waals surface area contributed by atoms with E-state index in [4.69, 9.17) is 11.6 Å². The topological polar surface area (TPSA) is 53.4 Å². The number of thioether (sulfide) groups is 1. The van der Waals surface area contributed by atoms with Crippen LogP contribution in [-0.2, 0) is 4.79 Å². The maximum atomic E-state index is 11.1. The SMILES string of the molecule is CC(=O)Sc1ccnc(N2CCCC2CO)c1Cl. The molecule has 1 unspecified atom stereocenters. The molecule has 1 aliphatic rings. The molecule has 0 saturated carbocycles. The van der Waals surface area contributed by atoms with E-state index in [2.05, 4.69) is 4.98 Å². The van der Waals surface area contributed by atoms with Crippen LogP contribution >= 0.6 is 23.4 Å². The van der Waals surface area contributed by atoms with Crippen LogP contribution in [0, 0.1) is 0 Å². The highest BCUT2D eigenvalue weighted by Crippen LogP contribution is 2.36. The summed E-state index contributed by atoms with van der Waals surface area (Å²) in [5.74, 6) is 0.666. The Kier molecular flexibility index (Phi) is 4.48. The minimum Gasteiger partial charge on any atom is -0.394 e. The highest BCUT2D eigenvalue weighted by atomic mass is 35.5. The Balaban J connectivity index is 2.30. The summed E-state index contributed by atoms with van der Waals surface area (Å²) in [5, 5.41) is 9.82. The number of aliphatic hydroxyl groups is 1. The van der Waals surface area contributed by atoms with Gasteiger partial charge in [0.1, 0.15) is 5.82 Å². The lowest BCUT2D eigenvalue weighted by molar-refractivity contribution is -0.109. The molecule has 98 valence electrons. The molecule has 1 saturated heterocycles. The maximum Gasteiger partial charge on any atom is 0.190 e. The van der Waals surface area contributed by atoms with E-state index in [1.807, 2.05) is 4.90 Å². The molecular formula is C12H15ClN2O2S. The molecule has 0 spiro atoms. The zero-order chi connectivity index (χ0) is 13.1. The van der Waals surface area contributed by atoms with E-state index in [0.29, 0.717) is 10.8 Å². The van der Waals surface area contributed by atoms with Gasteiger partial charge in [0.2, 0.25) is 0 Å². The lowest BCUT2D eigenvalue weighted by Gasteiger charge is -2.25. The number of carbonyl (C=O) groups excluding carboxylic acids is 1. The first-order valence-electron chi connectivity index (χ1n) is 5.84. The molecule has 1 aliphatic heterocycles. The Labute approximate surface area is 115 Å². The van der Waals surface area contributed by atoms with Gasteiger partial charge in [0.05, 0.1) is 17.7 Å². The number of rotatable bonds is 3. The van der Waals surface area contributed by atoms with E-state index < -0.39 is 0 Å². The van der Waals surface area contributed by atoms with Gasteiger partial charge in [0.25, 0.3) is 0 Å². The van der Waals surface area contributed by atoms with Crippen LogP contribution in [0.25, 0.3) is 0 Å². The summed E-state index contributed by atoms with van der Waals surface area (Å²) in [5.41, 5.74) is 0. The van der Waals surface area contributed by atoms with Crippen molar-refractivity contribution in [2.45, 2.75) is 30.7 Å². The summed E-state index contributed by atoms with van der Waals surface area (Å²) in [6.45, 7) is 2.45. The first-order valence-corrected chi connectivity index (χ1v) is 7.03. The summed E-state index contributed by atoms with van der Waals surface area (Å²) in [6.07, 6.45) is 3.62. The van der Waals surface area contributed by atoms with Crippen molar-refractivity contribution in [2.75, 3.05) is 18.1 Å². The highest BCUT2D eigenvalue weighted by Gasteiger charge is 2.27. The summed E-state index contributed by atoms with van der Waals surface area (Å²) in [4.78, 5) is 18.2. The van der Waals surface area contributed by atoms with Crippen molar-refractivity contribution >= 4 is 34.3 Å². The van der Waals surface area contributed by atoms with Gasteiger partial charge in [-0.05, 0) is 18.9 Å². The molecule has 2 heterocycles. The number of halogens is 1. The lowest BCUT2D eigenvalue weighted by Crippen LogP contribution is -2.33. The van der Waals surface area contributed by atoms with Crippen LogP contribution in [0.3, 0.4) is 0 Å². The zero-order valence-electron chi connectivity index (χ0n) is 10.1. The standard InChI is InChI=1S/C12H15ClN2O2S/c1-8(17)18-10-4-5-14-12(11(10)13)15-6-2-3-9(15)7-16/h4-5,9,16H,2-3,6-7H2,1H3. The molecule has 0 aromatic carbocycles. The summed E-state index contributed by atoms with van der Waals surface area (Å²) < 4.78 is 0. The third kappa shape index (κ3) is 2.79. The maximum absolute atomic E-state index is 11.1. The fourth-order valence-corrected chi connectivity index (χ4v) is 3.11. The van der Waals surface area contributed by atoms with Gasteiger partial charge in [-0.15, -0.1) is 0 Å². The van der Waals surface area contributed by atoms with Crippen molar-refractivity contribution in [3.05, 3.63) is 17.3 Å². The van der Waals surface area contributed by atoms with Crippen LogP contribution in [0.2, 0.25) is 5.02 Å². The van der Waals surface area contributed by atoms with E-state index in [1.54, 1.807) is 12.3 Å². The predicted molar refractivity (Wildman–Crippen MR) is 73.2 cm³/mol. The summed E-state index contributed by atoms with van der Waals surface area (Å²) in [6, 6.07) is 1.81. The fraction of sp³-hybridized carbons (Fsp3) is 0.500. The molecule has 0 bridgehead atoms.